The molecule has 0 saturated heterocycles. The molecule has 0 aliphatic heterocycles. The van der Waals surface area contributed by atoms with Crippen LogP contribution < -0.4 is 10.1 Å². The Kier molecular flexibility index (Phi) is 7.73. The fourth-order valence-corrected chi connectivity index (χ4v) is 2.19. The van der Waals surface area contributed by atoms with E-state index in [9.17, 15) is 0 Å². The van der Waals surface area contributed by atoms with Gasteiger partial charge in [0.2, 0.25) is 0 Å². The Hall–Kier alpha value is -0.190. The molecule has 1 aromatic rings. The summed E-state index contributed by atoms with van der Waals surface area (Å²) < 4.78 is 6.83. The molecular formula is C13H20BrNOS. The van der Waals surface area contributed by atoms with Gasteiger partial charge in [0.25, 0.3) is 0 Å². The largest absolute Gasteiger partial charge is 0.493 e. The van der Waals surface area contributed by atoms with E-state index in [0.29, 0.717) is 0 Å². The number of hydrogen-bond acceptors (Lipinski definition) is 3. The zero-order valence-corrected chi connectivity index (χ0v) is 12.9. The first-order valence-electron chi connectivity index (χ1n) is 5.88. The Morgan fingerprint density at radius 3 is 2.94 bits per heavy atom. The van der Waals surface area contributed by atoms with Gasteiger partial charge in [-0.3, -0.25) is 0 Å². The van der Waals surface area contributed by atoms with E-state index in [1.807, 2.05) is 23.9 Å². The van der Waals surface area contributed by atoms with Crippen LogP contribution in [0.5, 0.6) is 5.75 Å². The van der Waals surface area contributed by atoms with Gasteiger partial charge >= 0.3 is 0 Å². The Balaban J connectivity index is 2.56. The van der Waals surface area contributed by atoms with Crippen molar-refractivity contribution in [3.63, 3.8) is 0 Å². The lowest BCUT2D eigenvalue weighted by atomic mass is 10.2. The van der Waals surface area contributed by atoms with E-state index in [2.05, 4.69) is 40.5 Å². The number of hydrogen-bond donors (Lipinski definition) is 1. The van der Waals surface area contributed by atoms with Crippen LogP contribution in [0.25, 0.3) is 0 Å². The highest BCUT2D eigenvalue weighted by Gasteiger charge is 2.04. The minimum Gasteiger partial charge on any atom is -0.493 e. The average Bonchev–Trinajstić information content (AvgIpc) is 2.33. The second-order valence-corrected chi connectivity index (χ2v) is 5.67. The molecule has 0 radical (unpaired) electrons. The summed E-state index contributed by atoms with van der Waals surface area (Å²) in [5.41, 5.74) is 1.22. The second kappa shape index (κ2) is 8.84. The molecule has 0 fully saturated rings. The molecule has 0 aromatic heterocycles. The summed E-state index contributed by atoms with van der Waals surface area (Å²) in [5, 5.41) is 3.42. The fourth-order valence-electron chi connectivity index (χ4n) is 1.44. The van der Waals surface area contributed by atoms with Gasteiger partial charge in [-0.05, 0) is 30.9 Å². The Labute approximate surface area is 117 Å². The lowest BCUT2D eigenvalue weighted by Crippen LogP contribution is -2.17. The maximum Gasteiger partial charge on any atom is 0.123 e. The molecule has 17 heavy (non-hydrogen) atoms. The van der Waals surface area contributed by atoms with Gasteiger partial charge < -0.3 is 10.1 Å². The first-order chi connectivity index (χ1) is 8.27. The molecule has 4 heteroatoms. The quantitative estimate of drug-likeness (QED) is 0.739. The number of ether oxygens (including phenoxy) is 1. The van der Waals surface area contributed by atoms with Gasteiger partial charge in [-0.25, -0.2) is 0 Å². The SMILES string of the molecule is CCCOc1ccc(Br)cc1CNCCSC. The summed E-state index contributed by atoms with van der Waals surface area (Å²) in [6, 6.07) is 6.18. The van der Waals surface area contributed by atoms with Gasteiger partial charge in [0, 0.05) is 28.9 Å². The molecule has 0 aliphatic rings. The molecule has 0 amide bonds. The van der Waals surface area contributed by atoms with Gasteiger partial charge in [-0.2, -0.15) is 11.8 Å². The lowest BCUT2D eigenvalue weighted by molar-refractivity contribution is 0.313. The third-order valence-corrected chi connectivity index (χ3v) is 3.39. The van der Waals surface area contributed by atoms with Crippen LogP contribution in [0.2, 0.25) is 0 Å². The standard InChI is InChI=1S/C13H20BrNOS/c1-3-7-16-13-5-4-12(14)9-11(13)10-15-6-8-17-2/h4-5,9,15H,3,6-8,10H2,1-2H3. The number of nitrogens with one attached hydrogen (secondary N) is 1. The van der Waals surface area contributed by atoms with Crippen LogP contribution in [-0.4, -0.2) is 25.2 Å². The average molecular weight is 318 g/mol. The van der Waals surface area contributed by atoms with Crippen LogP contribution >= 0.6 is 27.7 Å². The number of halogens is 1. The third kappa shape index (κ3) is 5.80. The van der Waals surface area contributed by atoms with E-state index in [-0.39, 0.29) is 0 Å². The molecule has 0 atom stereocenters. The number of rotatable bonds is 8. The molecule has 0 bridgehead atoms. The summed E-state index contributed by atoms with van der Waals surface area (Å²) in [6.45, 7) is 4.79. The highest BCUT2D eigenvalue weighted by molar-refractivity contribution is 9.10. The van der Waals surface area contributed by atoms with Crippen molar-refractivity contribution in [3.05, 3.63) is 28.2 Å². The van der Waals surface area contributed by atoms with E-state index in [1.54, 1.807) is 0 Å². The van der Waals surface area contributed by atoms with Crippen molar-refractivity contribution in [1.29, 1.82) is 0 Å². The van der Waals surface area contributed by atoms with E-state index in [4.69, 9.17) is 4.74 Å². The monoisotopic (exact) mass is 317 g/mol. The number of thioether (sulfide) groups is 1. The van der Waals surface area contributed by atoms with Crippen molar-refractivity contribution in [3.8, 4) is 5.75 Å². The van der Waals surface area contributed by atoms with Gasteiger partial charge in [0.15, 0.2) is 0 Å². The summed E-state index contributed by atoms with van der Waals surface area (Å²) in [5.74, 6) is 2.13. The number of benzene rings is 1. The topological polar surface area (TPSA) is 21.3 Å². The Morgan fingerprint density at radius 2 is 2.24 bits per heavy atom. The predicted molar refractivity (Wildman–Crippen MR) is 80.0 cm³/mol. The molecule has 0 heterocycles. The highest BCUT2D eigenvalue weighted by Crippen LogP contribution is 2.23. The molecule has 0 saturated carbocycles. The van der Waals surface area contributed by atoms with Crippen molar-refractivity contribution in [2.75, 3.05) is 25.2 Å². The summed E-state index contributed by atoms with van der Waals surface area (Å²) in [7, 11) is 0. The molecule has 0 aliphatic carbocycles. The first kappa shape index (κ1) is 14.9. The predicted octanol–water partition coefficient (Wildman–Crippen LogP) is 3.69. The van der Waals surface area contributed by atoms with E-state index in [0.717, 1.165) is 42.1 Å². The maximum absolute atomic E-state index is 5.73. The minimum atomic E-state index is 0.777. The highest BCUT2D eigenvalue weighted by atomic mass is 79.9. The third-order valence-electron chi connectivity index (χ3n) is 2.28. The normalized spacial score (nSPS) is 10.5. The van der Waals surface area contributed by atoms with Crippen LogP contribution in [0.15, 0.2) is 22.7 Å². The van der Waals surface area contributed by atoms with Crippen molar-refractivity contribution in [2.45, 2.75) is 19.9 Å². The van der Waals surface area contributed by atoms with Crippen molar-refractivity contribution >= 4 is 27.7 Å². The maximum atomic E-state index is 5.73. The van der Waals surface area contributed by atoms with Gasteiger partial charge in [-0.15, -0.1) is 0 Å². The first-order valence-corrected chi connectivity index (χ1v) is 8.07. The fraction of sp³-hybridized carbons (Fsp3) is 0.538. The summed E-state index contributed by atoms with van der Waals surface area (Å²) in [4.78, 5) is 0. The van der Waals surface area contributed by atoms with Crippen LogP contribution in [-0.2, 0) is 6.54 Å². The molecule has 0 spiro atoms. The minimum absolute atomic E-state index is 0.777. The Morgan fingerprint density at radius 1 is 1.41 bits per heavy atom. The van der Waals surface area contributed by atoms with Crippen molar-refractivity contribution in [1.82, 2.24) is 5.32 Å². The molecule has 0 unspecified atom stereocenters. The lowest BCUT2D eigenvalue weighted by Gasteiger charge is -2.12. The molecule has 1 rings (SSSR count). The molecule has 1 N–H and O–H groups in total. The van der Waals surface area contributed by atoms with Crippen LogP contribution in [0.4, 0.5) is 0 Å². The summed E-state index contributed by atoms with van der Waals surface area (Å²) in [6.07, 6.45) is 3.16. The molecule has 1 aromatic carbocycles. The van der Waals surface area contributed by atoms with E-state index < -0.39 is 0 Å². The van der Waals surface area contributed by atoms with Crippen LogP contribution in [0.1, 0.15) is 18.9 Å². The summed E-state index contributed by atoms with van der Waals surface area (Å²) >= 11 is 5.35. The van der Waals surface area contributed by atoms with Crippen LogP contribution in [0, 0.1) is 0 Å². The molecular weight excluding hydrogens is 298 g/mol. The van der Waals surface area contributed by atoms with Gasteiger partial charge in [0.1, 0.15) is 5.75 Å². The molecule has 96 valence electrons. The van der Waals surface area contributed by atoms with E-state index in [1.165, 1.54) is 5.56 Å². The van der Waals surface area contributed by atoms with Gasteiger partial charge in [-0.1, -0.05) is 22.9 Å². The Bertz CT molecular complexity index is 333. The van der Waals surface area contributed by atoms with Gasteiger partial charge in [0.05, 0.1) is 6.61 Å². The van der Waals surface area contributed by atoms with Crippen LogP contribution in [0.3, 0.4) is 0 Å². The van der Waals surface area contributed by atoms with E-state index >= 15 is 0 Å². The zero-order chi connectivity index (χ0) is 12.5. The van der Waals surface area contributed by atoms with Crippen molar-refractivity contribution in [2.24, 2.45) is 0 Å². The second-order valence-electron chi connectivity index (χ2n) is 3.77. The zero-order valence-electron chi connectivity index (χ0n) is 10.5. The smallest absolute Gasteiger partial charge is 0.123 e. The van der Waals surface area contributed by atoms with Crippen molar-refractivity contribution < 1.29 is 4.74 Å². The molecule has 2 nitrogen and oxygen atoms in total.